The molecule has 0 radical (unpaired) electrons. The SMILES string of the molecule is COc1ncnc2c1nc(C(C)Cl)n2CCCCCSC. The molecule has 0 bridgehead atoms. The molecule has 0 spiro atoms. The van der Waals surface area contributed by atoms with E-state index >= 15 is 0 Å². The number of ether oxygens (including phenoxy) is 1. The van der Waals surface area contributed by atoms with E-state index < -0.39 is 0 Å². The van der Waals surface area contributed by atoms with Gasteiger partial charge in [0.2, 0.25) is 5.88 Å². The Kier molecular flexibility index (Phi) is 6.11. The Bertz CT molecular complexity index is 588. The molecule has 1 atom stereocenters. The maximum Gasteiger partial charge on any atom is 0.245 e. The molecule has 2 heterocycles. The second-order valence-corrected chi connectivity index (χ2v) is 6.49. The van der Waals surface area contributed by atoms with Crippen LogP contribution in [0.3, 0.4) is 0 Å². The number of halogens is 1. The van der Waals surface area contributed by atoms with Crippen molar-refractivity contribution in [1.29, 1.82) is 0 Å². The van der Waals surface area contributed by atoms with Crippen LogP contribution < -0.4 is 4.74 Å². The van der Waals surface area contributed by atoms with Crippen molar-refractivity contribution in [3.63, 3.8) is 0 Å². The normalized spacial score (nSPS) is 12.8. The quantitative estimate of drug-likeness (QED) is 0.546. The van der Waals surface area contributed by atoms with E-state index in [0.29, 0.717) is 11.4 Å². The summed E-state index contributed by atoms with van der Waals surface area (Å²) < 4.78 is 7.35. The lowest BCUT2D eigenvalue weighted by atomic mass is 10.2. The number of alkyl halides is 1. The van der Waals surface area contributed by atoms with Crippen LogP contribution in [0.15, 0.2) is 6.33 Å². The fourth-order valence-corrected chi connectivity index (χ4v) is 2.96. The fourth-order valence-electron chi connectivity index (χ4n) is 2.30. The Balaban J connectivity index is 2.25. The van der Waals surface area contributed by atoms with Gasteiger partial charge in [-0.1, -0.05) is 6.42 Å². The van der Waals surface area contributed by atoms with E-state index in [-0.39, 0.29) is 5.38 Å². The predicted octanol–water partition coefficient (Wildman–Crippen LogP) is 3.67. The molecule has 2 aromatic rings. The molecule has 0 N–H and O–H groups in total. The van der Waals surface area contributed by atoms with Crippen molar-refractivity contribution < 1.29 is 4.74 Å². The minimum absolute atomic E-state index is 0.171. The number of fused-ring (bicyclic) bond motifs is 1. The van der Waals surface area contributed by atoms with Gasteiger partial charge in [0, 0.05) is 6.54 Å². The number of aryl methyl sites for hydroxylation is 1. The highest BCUT2D eigenvalue weighted by Crippen LogP contribution is 2.27. The minimum Gasteiger partial charge on any atom is -0.479 e. The number of hydrogen-bond acceptors (Lipinski definition) is 5. The summed E-state index contributed by atoms with van der Waals surface area (Å²) in [6.07, 6.45) is 7.17. The van der Waals surface area contributed by atoms with Crippen molar-refractivity contribution in [2.75, 3.05) is 19.1 Å². The van der Waals surface area contributed by atoms with Crippen LogP contribution in [0.25, 0.3) is 11.2 Å². The van der Waals surface area contributed by atoms with Gasteiger partial charge in [0.05, 0.1) is 12.5 Å². The maximum absolute atomic E-state index is 6.26. The molecule has 0 aliphatic heterocycles. The number of nitrogens with zero attached hydrogens (tertiary/aromatic N) is 4. The van der Waals surface area contributed by atoms with Gasteiger partial charge in [0.15, 0.2) is 11.2 Å². The first-order valence-electron chi connectivity index (χ1n) is 7.07. The van der Waals surface area contributed by atoms with Gasteiger partial charge in [0.25, 0.3) is 0 Å². The molecule has 0 saturated carbocycles. The molecule has 0 aliphatic rings. The molecule has 0 amide bonds. The zero-order valence-corrected chi connectivity index (χ0v) is 14.2. The van der Waals surface area contributed by atoms with Crippen LogP contribution in [0.1, 0.15) is 37.4 Å². The highest BCUT2D eigenvalue weighted by Gasteiger charge is 2.18. The van der Waals surface area contributed by atoms with E-state index in [1.54, 1.807) is 7.11 Å². The summed E-state index contributed by atoms with van der Waals surface area (Å²) in [5.41, 5.74) is 1.49. The predicted molar refractivity (Wildman–Crippen MR) is 88.4 cm³/mol. The molecule has 1 unspecified atom stereocenters. The van der Waals surface area contributed by atoms with Gasteiger partial charge in [-0.05, 0) is 31.8 Å². The third-order valence-corrected chi connectivity index (χ3v) is 4.20. The third-order valence-electron chi connectivity index (χ3n) is 3.31. The van der Waals surface area contributed by atoms with E-state index in [4.69, 9.17) is 16.3 Å². The summed E-state index contributed by atoms with van der Waals surface area (Å²) in [6.45, 7) is 2.80. The standard InChI is InChI=1S/C14H21ClN4OS/c1-10(15)12-18-11-13(16-9-17-14(11)20-2)19(12)7-5-4-6-8-21-3/h9-10H,4-8H2,1-3H3. The Morgan fingerprint density at radius 1 is 1.33 bits per heavy atom. The van der Waals surface area contributed by atoms with Crippen LogP contribution in [-0.2, 0) is 6.54 Å². The Hall–Kier alpha value is -1.01. The Labute approximate surface area is 134 Å². The molecular formula is C14H21ClN4OS. The van der Waals surface area contributed by atoms with Crippen molar-refractivity contribution >= 4 is 34.5 Å². The topological polar surface area (TPSA) is 52.8 Å². The molecule has 2 rings (SSSR count). The first-order chi connectivity index (χ1) is 10.2. The summed E-state index contributed by atoms with van der Waals surface area (Å²) in [4.78, 5) is 13.0. The summed E-state index contributed by atoms with van der Waals surface area (Å²) in [6, 6.07) is 0. The van der Waals surface area contributed by atoms with E-state index in [1.165, 1.54) is 24.9 Å². The zero-order chi connectivity index (χ0) is 15.2. The lowest BCUT2D eigenvalue weighted by Gasteiger charge is -2.09. The smallest absolute Gasteiger partial charge is 0.245 e. The molecule has 7 heteroatoms. The molecule has 21 heavy (non-hydrogen) atoms. The van der Waals surface area contributed by atoms with Crippen LogP contribution in [0.4, 0.5) is 0 Å². The minimum atomic E-state index is -0.171. The van der Waals surface area contributed by atoms with Gasteiger partial charge in [-0.2, -0.15) is 16.7 Å². The van der Waals surface area contributed by atoms with Crippen LogP contribution in [-0.4, -0.2) is 38.6 Å². The molecule has 0 aromatic carbocycles. The first kappa shape index (κ1) is 16.4. The molecule has 0 aliphatic carbocycles. The van der Waals surface area contributed by atoms with Gasteiger partial charge in [0.1, 0.15) is 12.2 Å². The number of hydrogen-bond donors (Lipinski definition) is 0. The maximum atomic E-state index is 6.26. The highest BCUT2D eigenvalue weighted by molar-refractivity contribution is 7.98. The van der Waals surface area contributed by atoms with Crippen LogP contribution in [0.2, 0.25) is 0 Å². The van der Waals surface area contributed by atoms with Gasteiger partial charge in [-0.25, -0.2) is 9.97 Å². The Morgan fingerprint density at radius 2 is 2.14 bits per heavy atom. The van der Waals surface area contributed by atoms with E-state index in [0.717, 1.165) is 24.4 Å². The fraction of sp³-hybridized carbons (Fsp3) is 0.643. The number of aromatic nitrogens is 4. The summed E-state index contributed by atoms with van der Waals surface area (Å²) in [7, 11) is 1.59. The van der Waals surface area contributed by atoms with Crippen LogP contribution in [0, 0.1) is 0 Å². The molecule has 116 valence electrons. The van der Waals surface area contributed by atoms with Crippen LogP contribution in [0.5, 0.6) is 5.88 Å². The van der Waals surface area contributed by atoms with Crippen molar-refractivity contribution in [2.24, 2.45) is 0 Å². The van der Waals surface area contributed by atoms with Gasteiger partial charge in [-0.15, -0.1) is 11.6 Å². The lowest BCUT2D eigenvalue weighted by molar-refractivity contribution is 0.401. The number of imidazole rings is 1. The first-order valence-corrected chi connectivity index (χ1v) is 8.90. The lowest BCUT2D eigenvalue weighted by Crippen LogP contribution is -2.05. The zero-order valence-electron chi connectivity index (χ0n) is 12.7. The largest absolute Gasteiger partial charge is 0.479 e. The molecule has 2 aromatic heterocycles. The number of thioether (sulfide) groups is 1. The summed E-state index contributed by atoms with van der Waals surface area (Å²) in [5, 5.41) is -0.171. The van der Waals surface area contributed by atoms with E-state index in [9.17, 15) is 0 Å². The molecule has 0 saturated heterocycles. The van der Waals surface area contributed by atoms with Crippen molar-refractivity contribution in [3.8, 4) is 5.88 Å². The summed E-state index contributed by atoms with van der Waals surface area (Å²) in [5.74, 6) is 2.54. The third kappa shape index (κ3) is 3.80. The van der Waals surface area contributed by atoms with E-state index in [1.807, 2.05) is 18.7 Å². The van der Waals surface area contributed by atoms with Gasteiger partial charge >= 0.3 is 0 Å². The second kappa shape index (κ2) is 7.84. The van der Waals surface area contributed by atoms with Crippen LogP contribution >= 0.6 is 23.4 Å². The van der Waals surface area contributed by atoms with Crippen molar-refractivity contribution in [2.45, 2.75) is 38.1 Å². The number of rotatable bonds is 8. The van der Waals surface area contributed by atoms with Gasteiger partial charge < -0.3 is 9.30 Å². The monoisotopic (exact) mass is 328 g/mol. The summed E-state index contributed by atoms with van der Waals surface area (Å²) >= 11 is 8.15. The number of methoxy groups -OCH3 is 1. The Morgan fingerprint density at radius 3 is 2.81 bits per heavy atom. The average molecular weight is 329 g/mol. The molecule has 5 nitrogen and oxygen atoms in total. The molecule has 0 fully saturated rings. The van der Waals surface area contributed by atoms with Crippen molar-refractivity contribution in [3.05, 3.63) is 12.2 Å². The molecular weight excluding hydrogens is 308 g/mol. The van der Waals surface area contributed by atoms with Gasteiger partial charge in [-0.3, -0.25) is 0 Å². The van der Waals surface area contributed by atoms with Crippen molar-refractivity contribution in [1.82, 2.24) is 19.5 Å². The highest BCUT2D eigenvalue weighted by atomic mass is 35.5. The van der Waals surface area contributed by atoms with E-state index in [2.05, 4.69) is 25.8 Å². The average Bonchev–Trinajstić information content (AvgIpc) is 2.86. The number of unbranched alkanes of at least 4 members (excludes halogenated alkanes) is 2. The second-order valence-electron chi connectivity index (χ2n) is 4.85.